The summed E-state index contributed by atoms with van der Waals surface area (Å²) >= 11 is 0.900. The summed E-state index contributed by atoms with van der Waals surface area (Å²) in [7, 11) is 0. The Morgan fingerprint density at radius 1 is 1.28 bits per heavy atom. The van der Waals surface area contributed by atoms with Crippen LogP contribution in [0, 0.1) is 5.92 Å². The zero-order valence-electron chi connectivity index (χ0n) is 9.25. The van der Waals surface area contributed by atoms with E-state index in [0.29, 0.717) is 25.9 Å². The lowest BCUT2D eigenvalue weighted by molar-refractivity contribution is -0.140. The summed E-state index contributed by atoms with van der Waals surface area (Å²) in [6.07, 6.45) is -6.22. The van der Waals surface area contributed by atoms with E-state index in [2.05, 4.69) is 4.98 Å². The van der Waals surface area contributed by atoms with Crippen molar-refractivity contribution in [3.05, 3.63) is 11.1 Å². The minimum atomic E-state index is -4.45. The number of rotatable bonds is 2. The van der Waals surface area contributed by atoms with Gasteiger partial charge in [-0.15, -0.1) is 11.3 Å². The van der Waals surface area contributed by atoms with Crippen molar-refractivity contribution >= 4 is 16.5 Å². The molecule has 1 aromatic heterocycles. The van der Waals surface area contributed by atoms with E-state index in [-0.39, 0.29) is 5.13 Å². The van der Waals surface area contributed by atoms with Crippen molar-refractivity contribution in [2.45, 2.75) is 25.4 Å². The first kappa shape index (κ1) is 13.5. The Morgan fingerprint density at radius 2 is 1.89 bits per heavy atom. The second-order valence-corrected chi connectivity index (χ2v) is 5.01. The molecule has 0 aromatic carbocycles. The Morgan fingerprint density at radius 3 is 2.33 bits per heavy atom. The number of anilines is 1. The van der Waals surface area contributed by atoms with Crippen LogP contribution in [0.2, 0.25) is 0 Å². The molecule has 18 heavy (non-hydrogen) atoms. The van der Waals surface area contributed by atoms with Crippen molar-refractivity contribution in [2.24, 2.45) is 5.92 Å². The highest BCUT2D eigenvalue weighted by Crippen LogP contribution is 2.34. The summed E-state index contributed by atoms with van der Waals surface area (Å²) in [6, 6.07) is 0. The summed E-state index contributed by atoms with van der Waals surface area (Å²) in [6.45, 7) is 0.666. The van der Waals surface area contributed by atoms with Crippen molar-refractivity contribution in [1.29, 1.82) is 0 Å². The van der Waals surface area contributed by atoms with Gasteiger partial charge in [0.15, 0.2) is 10.8 Å². The third-order valence-corrected chi connectivity index (χ3v) is 3.85. The van der Waals surface area contributed by atoms with Gasteiger partial charge in [0.25, 0.3) is 0 Å². The summed E-state index contributed by atoms with van der Waals surface area (Å²) in [5.41, 5.74) is -0.918. The maximum absolute atomic E-state index is 12.4. The van der Waals surface area contributed by atoms with E-state index >= 15 is 0 Å². The number of hydrogen-bond acceptors (Lipinski definition) is 3. The summed E-state index contributed by atoms with van der Waals surface area (Å²) in [4.78, 5) is 5.14. The smallest absolute Gasteiger partial charge is 0.348 e. The van der Waals surface area contributed by atoms with Gasteiger partial charge in [-0.1, -0.05) is 0 Å². The first-order valence-electron chi connectivity index (χ1n) is 5.43. The highest BCUT2D eigenvalue weighted by atomic mass is 32.1. The van der Waals surface area contributed by atoms with Crippen molar-refractivity contribution in [1.82, 2.24) is 4.98 Å². The van der Waals surface area contributed by atoms with E-state index in [9.17, 15) is 22.0 Å². The molecule has 1 aliphatic rings. The molecule has 1 fully saturated rings. The first-order valence-corrected chi connectivity index (χ1v) is 6.31. The number of piperidine rings is 1. The minimum Gasteiger partial charge on any atom is -0.348 e. The summed E-state index contributed by atoms with van der Waals surface area (Å²) < 4.78 is 61.9. The molecule has 1 saturated heterocycles. The van der Waals surface area contributed by atoms with Crippen LogP contribution in [0.3, 0.4) is 0 Å². The molecule has 102 valence electrons. The lowest BCUT2D eigenvalue weighted by atomic mass is 9.98. The van der Waals surface area contributed by atoms with Crippen LogP contribution in [0.15, 0.2) is 5.38 Å². The van der Waals surface area contributed by atoms with Crippen molar-refractivity contribution in [2.75, 3.05) is 18.0 Å². The van der Waals surface area contributed by atoms with Crippen molar-refractivity contribution < 1.29 is 22.0 Å². The minimum absolute atomic E-state index is 0.259. The summed E-state index contributed by atoms with van der Waals surface area (Å²) in [5, 5.41) is 1.21. The molecule has 0 saturated carbocycles. The molecule has 0 atom stereocenters. The molecule has 0 bridgehead atoms. The van der Waals surface area contributed by atoms with Gasteiger partial charge in [0, 0.05) is 24.4 Å². The van der Waals surface area contributed by atoms with E-state index in [1.165, 1.54) is 0 Å². The zero-order chi connectivity index (χ0) is 13.3. The topological polar surface area (TPSA) is 16.1 Å². The van der Waals surface area contributed by atoms with Crippen LogP contribution >= 0.6 is 11.3 Å². The number of halogens is 5. The van der Waals surface area contributed by atoms with Crippen molar-refractivity contribution in [3.63, 3.8) is 0 Å². The largest absolute Gasteiger partial charge is 0.434 e. The Balaban J connectivity index is 2.00. The van der Waals surface area contributed by atoms with Gasteiger partial charge in [-0.3, -0.25) is 0 Å². The van der Waals surface area contributed by atoms with E-state index < -0.39 is 24.2 Å². The van der Waals surface area contributed by atoms with E-state index in [1.54, 1.807) is 4.90 Å². The van der Waals surface area contributed by atoms with Crippen LogP contribution < -0.4 is 4.90 Å². The van der Waals surface area contributed by atoms with Crippen molar-refractivity contribution in [3.8, 4) is 0 Å². The molecule has 0 amide bonds. The van der Waals surface area contributed by atoms with Gasteiger partial charge in [-0.2, -0.15) is 13.2 Å². The van der Waals surface area contributed by atoms with Crippen LogP contribution in [-0.2, 0) is 6.18 Å². The number of aromatic nitrogens is 1. The Kier molecular flexibility index (Phi) is 3.74. The quantitative estimate of drug-likeness (QED) is 0.772. The molecule has 0 aliphatic carbocycles. The molecule has 1 aromatic rings. The average molecular weight is 286 g/mol. The highest BCUT2D eigenvalue weighted by Gasteiger charge is 2.35. The van der Waals surface area contributed by atoms with Gasteiger partial charge < -0.3 is 4.90 Å². The van der Waals surface area contributed by atoms with E-state index in [0.717, 1.165) is 16.7 Å². The second kappa shape index (κ2) is 4.99. The third kappa shape index (κ3) is 2.90. The van der Waals surface area contributed by atoms with E-state index in [1.807, 2.05) is 0 Å². The number of hydrogen-bond donors (Lipinski definition) is 0. The summed E-state index contributed by atoms with van der Waals surface area (Å²) in [5.74, 6) is -0.650. The second-order valence-electron chi connectivity index (χ2n) is 4.17. The molecular formula is C10H11F5N2S. The molecule has 0 spiro atoms. The fraction of sp³-hybridized carbons (Fsp3) is 0.700. The van der Waals surface area contributed by atoms with Gasteiger partial charge in [0.2, 0.25) is 6.43 Å². The average Bonchev–Trinajstić information content (AvgIpc) is 2.78. The normalized spacial score (nSPS) is 18.7. The number of thiazole rings is 1. The monoisotopic (exact) mass is 286 g/mol. The van der Waals surface area contributed by atoms with E-state index in [4.69, 9.17) is 0 Å². The van der Waals surface area contributed by atoms with Gasteiger partial charge in [0.05, 0.1) is 0 Å². The predicted octanol–water partition coefficient (Wildman–Crippen LogP) is 3.64. The number of nitrogens with zero attached hydrogens (tertiary/aromatic N) is 2. The highest BCUT2D eigenvalue weighted by molar-refractivity contribution is 7.13. The Hall–Kier alpha value is -0.920. The third-order valence-electron chi connectivity index (χ3n) is 2.95. The first-order chi connectivity index (χ1) is 8.38. The standard InChI is InChI=1S/C10H11F5N2S/c11-8(12)6-1-3-17(4-2-6)9-16-7(5-18-9)10(13,14)15/h5-6,8H,1-4H2. The van der Waals surface area contributed by atoms with Crippen LogP contribution in [0.4, 0.5) is 27.1 Å². The maximum Gasteiger partial charge on any atom is 0.434 e. The van der Waals surface area contributed by atoms with Crippen LogP contribution in [-0.4, -0.2) is 24.5 Å². The molecule has 1 aliphatic heterocycles. The Bertz CT molecular complexity index is 395. The fourth-order valence-corrected chi connectivity index (χ4v) is 2.77. The predicted molar refractivity (Wildman–Crippen MR) is 58.1 cm³/mol. The number of alkyl halides is 5. The molecule has 8 heteroatoms. The molecular weight excluding hydrogens is 275 g/mol. The lowest BCUT2D eigenvalue weighted by Gasteiger charge is -2.31. The van der Waals surface area contributed by atoms with Gasteiger partial charge in [-0.05, 0) is 12.8 Å². The Labute approximate surface area is 104 Å². The molecule has 0 unspecified atom stereocenters. The SMILES string of the molecule is FC(F)C1CCN(c2nc(C(F)(F)F)cs2)CC1. The van der Waals surface area contributed by atoms with Gasteiger partial charge in [0.1, 0.15) is 0 Å². The fourth-order valence-electron chi connectivity index (χ4n) is 1.88. The molecule has 2 heterocycles. The maximum atomic E-state index is 12.4. The van der Waals surface area contributed by atoms with Crippen LogP contribution in [0.1, 0.15) is 18.5 Å². The van der Waals surface area contributed by atoms with Gasteiger partial charge in [-0.25, -0.2) is 13.8 Å². The molecule has 0 N–H and O–H groups in total. The molecule has 0 radical (unpaired) electrons. The molecule has 2 nitrogen and oxygen atoms in total. The molecule has 2 rings (SSSR count). The zero-order valence-corrected chi connectivity index (χ0v) is 10.1. The van der Waals surface area contributed by atoms with Crippen LogP contribution in [0.5, 0.6) is 0 Å². The van der Waals surface area contributed by atoms with Crippen LogP contribution in [0.25, 0.3) is 0 Å². The van der Waals surface area contributed by atoms with Gasteiger partial charge >= 0.3 is 6.18 Å². The lowest BCUT2D eigenvalue weighted by Crippen LogP contribution is -2.35.